The Bertz CT molecular complexity index is 958. The summed E-state index contributed by atoms with van der Waals surface area (Å²) < 4.78 is 0. The third kappa shape index (κ3) is 3.36. The Kier molecular flexibility index (Phi) is 4.71. The number of hydrogen-bond acceptors (Lipinski definition) is 4. The molecule has 5 rings (SSSR count). The van der Waals surface area contributed by atoms with Gasteiger partial charge in [0.1, 0.15) is 5.82 Å². The van der Waals surface area contributed by atoms with Crippen LogP contribution in [0.25, 0.3) is 11.0 Å². The van der Waals surface area contributed by atoms with E-state index in [1.807, 2.05) is 12.3 Å². The number of aromatic amines is 1. The molecule has 2 aliphatic carbocycles. The van der Waals surface area contributed by atoms with Gasteiger partial charge in [-0.15, -0.1) is 0 Å². The molecule has 28 heavy (non-hydrogen) atoms. The standard InChI is InChI=1S/C23H27N5/c24-17-10-12-18(13-11-17)28(15-22-26-19-7-1-2-8-20(19)27-22)21-9-3-5-16-6-4-14-25-23(16)21/h1-2,4,6-8,10,12,14,17-18,21H,3,5,9,11,13,15,24H2,(H,26,27)/t17?,18-,21?/m0/s1. The summed E-state index contributed by atoms with van der Waals surface area (Å²) >= 11 is 0. The Morgan fingerprint density at radius 1 is 1.07 bits per heavy atom. The van der Waals surface area contributed by atoms with Gasteiger partial charge in [-0.25, -0.2) is 4.98 Å². The predicted octanol–water partition coefficient (Wildman–Crippen LogP) is 3.88. The SMILES string of the molecule is NC1C=C[C@H](N(Cc2nc3ccccc3[nH]2)C2CCCc3cccnc32)CC1. The van der Waals surface area contributed by atoms with Gasteiger partial charge in [0.05, 0.1) is 29.3 Å². The summed E-state index contributed by atoms with van der Waals surface area (Å²) in [6, 6.07) is 13.4. The lowest BCUT2D eigenvalue weighted by molar-refractivity contribution is 0.118. The van der Waals surface area contributed by atoms with Crippen LogP contribution in [0.5, 0.6) is 0 Å². The Morgan fingerprint density at radius 3 is 2.86 bits per heavy atom. The lowest BCUT2D eigenvalue weighted by Gasteiger charge is -2.40. The van der Waals surface area contributed by atoms with E-state index in [1.165, 1.54) is 17.7 Å². The van der Waals surface area contributed by atoms with E-state index in [-0.39, 0.29) is 6.04 Å². The maximum atomic E-state index is 6.12. The highest BCUT2D eigenvalue weighted by Gasteiger charge is 2.32. The van der Waals surface area contributed by atoms with Gasteiger partial charge in [-0.05, 0) is 55.9 Å². The average Bonchev–Trinajstić information content (AvgIpc) is 3.15. The van der Waals surface area contributed by atoms with Crippen molar-refractivity contribution in [2.45, 2.75) is 56.8 Å². The van der Waals surface area contributed by atoms with E-state index < -0.39 is 0 Å². The van der Waals surface area contributed by atoms with Crippen molar-refractivity contribution >= 4 is 11.0 Å². The average molecular weight is 374 g/mol. The predicted molar refractivity (Wildman–Crippen MR) is 112 cm³/mol. The second-order valence-corrected chi connectivity index (χ2v) is 8.02. The van der Waals surface area contributed by atoms with Gasteiger partial charge in [0.25, 0.3) is 0 Å². The molecular formula is C23H27N5. The van der Waals surface area contributed by atoms with Gasteiger partial charge in [0.15, 0.2) is 0 Å². The van der Waals surface area contributed by atoms with Crippen molar-refractivity contribution in [3.8, 4) is 0 Å². The number of aromatic nitrogens is 3. The number of imidazole rings is 1. The number of para-hydroxylation sites is 2. The second-order valence-electron chi connectivity index (χ2n) is 8.02. The molecule has 144 valence electrons. The molecule has 3 atom stereocenters. The minimum Gasteiger partial charge on any atom is -0.341 e. The van der Waals surface area contributed by atoms with Crippen molar-refractivity contribution in [2.24, 2.45) is 5.73 Å². The smallest absolute Gasteiger partial charge is 0.121 e. The number of rotatable bonds is 4. The highest BCUT2D eigenvalue weighted by Crippen LogP contribution is 2.36. The van der Waals surface area contributed by atoms with E-state index in [2.05, 4.69) is 52.4 Å². The van der Waals surface area contributed by atoms with Gasteiger partial charge < -0.3 is 10.7 Å². The zero-order valence-electron chi connectivity index (χ0n) is 16.1. The molecule has 0 fully saturated rings. The molecule has 2 unspecified atom stereocenters. The van der Waals surface area contributed by atoms with Gasteiger partial charge >= 0.3 is 0 Å². The number of fused-ring (bicyclic) bond motifs is 2. The van der Waals surface area contributed by atoms with Crippen LogP contribution in [0, 0.1) is 0 Å². The van der Waals surface area contributed by atoms with Crippen LogP contribution in [0.1, 0.15) is 48.8 Å². The molecule has 2 aromatic heterocycles. The first-order valence-corrected chi connectivity index (χ1v) is 10.3. The summed E-state index contributed by atoms with van der Waals surface area (Å²) in [4.78, 5) is 15.7. The van der Waals surface area contributed by atoms with Crippen molar-refractivity contribution < 1.29 is 0 Å². The number of nitrogens with one attached hydrogen (secondary N) is 1. The maximum absolute atomic E-state index is 6.12. The monoisotopic (exact) mass is 373 g/mol. The van der Waals surface area contributed by atoms with Crippen LogP contribution in [0.15, 0.2) is 54.7 Å². The summed E-state index contributed by atoms with van der Waals surface area (Å²) in [5.74, 6) is 1.02. The summed E-state index contributed by atoms with van der Waals surface area (Å²) in [5, 5.41) is 0. The molecular weight excluding hydrogens is 346 g/mol. The van der Waals surface area contributed by atoms with E-state index in [1.54, 1.807) is 0 Å². The summed E-state index contributed by atoms with van der Waals surface area (Å²) in [5.41, 5.74) is 10.9. The lowest BCUT2D eigenvalue weighted by atomic mass is 9.88. The Hall–Kier alpha value is -2.50. The van der Waals surface area contributed by atoms with Crippen molar-refractivity contribution in [1.29, 1.82) is 0 Å². The third-order valence-electron chi connectivity index (χ3n) is 6.14. The van der Waals surface area contributed by atoms with Gasteiger partial charge in [-0.3, -0.25) is 9.88 Å². The fourth-order valence-electron chi connectivity index (χ4n) is 4.72. The first-order chi connectivity index (χ1) is 13.8. The number of nitrogens with two attached hydrogens (primary N) is 1. The van der Waals surface area contributed by atoms with Crippen LogP contribution in [-0.4, -0.2) is 31.9 Å². The second kappa shape index (κ2) is 7.49. The van der Waals surface area contributed by atoms with E-state index >= 15 is 0 Å². The highest BCUT2D eigenvalue weighted by atomic mass is 15.2. The Labute approximate surface area is 165 Å². The van der Waals surface area contributed by atoms with Gasteiger partial charge in [0, 0.05) is 18.3 Å². The van der Waals surface area contributed by atoms with Crippen molar-refractivity contribution in [2.75, 3.05) is 0 Å². The first-order valence-electron chi connectivity index (χ1n) is 10.3. The first kappa shape index (κ1) is 17.6. The maximum Gasteiger partial charge on any atom is 0.121 e. The highest BCUT2D eigenvalue weighted by molar-refractivity contribution is 5.74. The van der Waals surface area contributed by atoms with E-state index in [9.17, 15) is 0 Å². The fraction of sp³-hybridized carbons (Fsp3) is 0.391. The third-order valence-corrected chi connectivity index (χ3v) is 6.14. The minimum absolute atomic E-state index is 0.182. The summed E-state index contributed by atoms with van der Waals surface area (Å²) in [6.45, 7) is 0.791. The van der Waals surface area contributed by atoms with Crippen molar-refractivity contribution in [3.63, 3.8) is 0 Å². The number of aryl methyl sites for hydroxylation is 1. The van der Waals surface area contributed by atoms with Crippen LogP contribution in [0.4, 0.5) is 0 Å². The van der Waals surface area contributed by atoms with Gasteiger partial charge in [0.2, 0.25) is 0 Å². The van der Waals surface area contributed by atoms with Crippen molar-refractivity contribution in [3.05, 3.63) is 71.8 Å². The van der Waals surface area contributed by atoms with Crippen molar-refractivity contribution in [1.82, 2.24) is 19.9 Å². The zero-order valence-corrected chi connectivity index (χ0v) is 16.1. The lowest BCUT2D eigenvalue weighted by Crippen LogP contribution is -2.41. The van der Waals surface area contributed by atoms with E-state index in [0.29, 0.717) is 12.1 Å². The Balaban J connectivity index is 1.51. The Morgan fingerprint density at radius 2 is 2.00 bits per heavy atom. The molecule has 5 nitrogen and oxygen atoms in total. The largest absolute Gasteiger partial charge is 0.341 e. The number of hydrogen-bond donors (Lipinski definition) is 2. The van der Waals surface area contributed by atoms with Gasteiger partial charge in [-0.2, -0.15) is 0 Å². The van der Waals surface area contributed by atoms with Gasteiger partial charge in [-0.1, -0.05) is 30.4 Å². The molecule has 5 heteroatoms. The molecule has 2 heterocycles. The number of benzene rings is 1. The molecule has 0 amide bonds. The van der Waals surface area contributed by atoms with Crippen LogP contribution in [0.2, 0.25) is 0 Å². The summed E-state index contributed by atoms with van der Waals surface area (Å²) in [7, 11) is 0. The fourth-order valence-corrected chi connectivity index (χ4v) is 4.72. The van der Waals surface area contributed by atoms with Crippen LogP contribution in [-0.2, 0) is 13.0 Å². The molecule has 0 bridgehead atoms. The molecule has 1 aromatic carbocycles. The number of H-pyrrole nitrogens is 1. The number of pyridine rings is 1. The summed E-state index contributed by atoms with van der Waals surface area (Å²) in [6.07, 6.45) is 12.0. The molecule has 2 aliphatic rings. The van der Waals surface area contributed by atoms with Crippen LogP contribution >= 0.6 is 0 Å². The molecule has 0 saturated carbocycles. The molecule has 0 radical (unpaired) electrons. The van der Waals surface area contributed by atoms with Crippen LogP contribution in [0.3, 0.4) is 0 Å². The zero-order chi connectivity index (χ0) is 18.9. The van der Waals surface area contributed by atoms with Crippen LogP contribution < -0.4 is 5.73 Å². The quantitative estimate of drug-likeness (QED) is 0.681. The minimum atomic E-state index is 0.182. The van der Waals surface area contributed by atoms with E-state index in [4.69, 9.17) is 15.7 Å². The van der Waals surface area contributed by atoms with E-state index in [0.717, 1.165) is 49.1 Å². The molecule has 0 spiro atoms. The molecule has 0 aliphatic heterocycles. The number of nitrogens with zero attached hydrogens (tertiary/aromatic N) is 3. The molecule has 0 saturated heterocycles. The topological polar surface area (TPSA) is 70.8 Å². The molecule has 3 aromatic rings. The normalized spacial score (nSPS) is 24.6. The molecule has 3 N–H and O–H groups in total.